The van der Waals surface area contributed by atoms with Gasteiger partial charge in [0.2, 0.25) is 0 Å². The number of carbonyl (C=O) groups is 2. The highest BCUT2D eigenvalue weighted by Crippen LogP contribution is 2.62. The molecular weight excluding hydrogens is 390 g/mol. The minimum Gasteiger partial charge on any atom is -0.482 e. The first-order chi connectivity index (χ1) is 14.5. The summed E-state index contributed by atoms with van der Waals surface area (Å²) < 4.78 is 21.9. The van der Waals surface area contributed by atoms with E-state index in [1.165, 1.54) is 0 Å². The topological polar surface area (TPSA) is 94.5 Å². The highest BCUT2D eigenvalue weighted by molar-refractivity contribution is 5.72. The fourth-order valence-electron chi connectivity index (χ4n) is 5.80. The molecule has 1 spiro atoms. The normalized spacial score (nSPS) is 32.2. The van der Waals surface area contributed by atoms with E-state index >= 15 is 0 Å². The maximum Gasteiger partial charge on any atom is 0.513 e. The van der Waals surface area contributed by atoms with Gasteiger partial charge in [-0.25, -0.2) is 9.59 Å². The Kier molecular flexibility index (Phi) is 4.43. The van der Waals surface area contributed by atoms with E-state index in [2.05, 4.69) is 0 Å². The third kappa shape index (κ3) is 2.49. The summed E-state index contributed by atoms with van der Waals surface area (Å²) in [6.45, 7) is 4.56. The zero-order valence-electron chi connectivity index (χ0n) is 17.0. The standard InChI is InChI=1S/C22H25NO7/c1-3-27-20(25)23-10-9-22-13-6-7-15(24)19(22)30-18-16(29-21(26)28-4-2)8-5-12(17(18)22)11-14(13)23/h5-8,13-15,19,24H,3-4,9-11H2,1-2H3/t13-,14+,15-,19-,22-/m0/s1. The number of aliphatic hydroxyl groups is 1. The first-order valence-electron chi connectivity index (χ1n) is 10.5. The summed E-state index contributed by atoms with van der Waals surface area (Å²) >= 11 is 0. The van der Waals surface area contributed by atoms with Gasteiger partial charge in [-0.1, -0.05) is 18.2 Å². The number of amides is 1. The van der Waals surface area contributed by atoms with E-state index < -0.39 is 23.8 Å². The van der Waals surface area contributed by atoms with Gasteiger partial charge >= 0.3 is 12.2 Å². The second-order valence-electron chi connectivity index (χ2n) is 8.11. The Balaban J connectivity index is 1.61. The molecule has 2 aliphatic carbocycles. The van der Waals surface area contributed by atoms with Crippen molar-refractivity contribution in [3.63, 3.8) is 0 Å². The molecule has 1 aromatic carbocycles. The van der Waals surface area contributed by atoms with E-state index in [-0.39, 0.29) is 24.7 Å². The maximum absolute atomic E-state index is 12.6. The third-order valence-corrected chi connectivity index (χ3v) is 6.81. The molecule has 0 aromatic heterocycles. The van der Waals surface area contributed by atoms with Crippen LogP contribution in [0.4, 0.5) is 9.59 Å². The molecule has 5 rings (SSSR count). The number of rotatable bonds is 3. The molecule has 1 saturated heterocycles. The second-order valence-corrected chi connectivity index (χ2v) is 8.11. The van der Waals surface area contributed by atoms with Crippen molar-refractivity contribution in [1.82, 2.24) is 4.90 Å². The van der Waals surface area contributed by atoms with Crippen molar-refractivity contribution in [2.24, 2.45) is 5.92 Å². The Morgan fingerprint density at radius 1 is 1.23 bits per heavy atom. The fourth-order valence-corrected chi connectivity index (χ4v) is 5.80. The predicted octanol–water partition coefficient (Wildman–Crippen LogP) is 2.55. The Morgan fingerprint density at radius 2 is 2.03 bits per heavy atom. The Morgan fingerprint density at radius 3 is 2.80 bits per heavy atom. The molecule has 2 heterocycles. The van der Waals surface area contributed by atoms with Crippen molar-refractivity contribution in [1.29, 1.82) is 0 Å². The Bertz CT molecular complexity index is 928. The van der Waals surface area contributed by atoms with Gasteiger partial charge in [-0.05, 0) is 38.3 Å². The molecule has 1 aromatic rings. The molecule has 5 atom stereocenters. The molecule has 1 amide bonds. The number of hydrogen-bond acceptors (Lipinski definition) is 7. The van der Waals surface area contributed by atoms with Crippen LogP contribution in [0.1, 0.15) is 31.4 Å². The highest BCUT2D eigenvalue weighted by atomic mass is 16.7. The van der Waals surface area contributed by atoms with Crippen LogP contribution in [0.5, 0.6) is 11.5 Å². The molecule has 2 aliphatic heterocycles. The van der Waals surface area contributed by atoms with Crippen LogP contribution in [-0.2, 0) is 21.3 Å². The van der Waals surface area contributed by atoms with Gasteiger partial charge in [0.05, 0.1) is 13.2 Å². The second kappa shape index (κ2) is 6.91. The lowest BCUT2D eigenvalue weighted by molar-refractivity contribution is -0.0484. The highest BCUT2D eigenvalue weighted by Gasteiger charge is 2.65. The summed E-state index contributed by atoms with van der Waals surface area (Å²) in [5, 5.41) is 10.8. The van der Waals surface area contributed by atoms with E-state index in [1.54, 1.807) is 26.0 Å². The average molecular weight is 415 g/mol. The molecule has 8 nitrogen and oxygen atoms in total. The van der Waals surface area contributed by atoms with E-state index in [0.717, 1.165) is 11.1 Å². The minimum atomic E-state index is -0.787. The van der Waals surface area contributed by atoms with Gasteiger partial charge in [0, 0.05) is 29.5 Å². The van der Waals surface area contributed by atoms with Crippen molar-refractivity contribution in [3.8, 4) is 11.5 Å². The lowest BCUT2D eigenvalue weighted by Gasteiger charge is -2.56. The number of benzene rings is 1. The molecule has 4 aliphatic rings. The van der Waals surface area contributed by atoms with Crippen LogP contribution in [0.2, 0.25) is 0 Å². The van der Waals surface area contributed by atoms with Gasteiger partial charge < -0.3 is 29.0 Å². The molecule has 30 heavy (non-hydrogen) atoms. The molecule has 0 unspecified atom stereocenters. The number of aliphatic hydroxyl groups excluding tert-OH is 1. The first-order valence-corrected chi connectivity index (χ1v) is 10.5. The average Bonchev–Trinajstić information content (AvgIpc) is 3.06. The van der Waals surface area contributed by atoms with Crippen LogP contribution < -0.4 is 9.47 Å². The summed E-state index contributed by atoms with van der Waals surface area (Å²) in [4.78, 5) is 26.3. The van der Waals surface area contributed by atoms with E-state index in [9.17, 15) is 14.7 Å². The summed E-state index contributed by atoms with van der Waals surface area (Å²) in [6.07, 6.45) is 2.65. The monoisotopic (exact) mass is 415 g/mol. The predicted molar refractivity (Wildman–Crippen MR) is 105 cm³/mol. The minimum absolute atomic E-state index is 0.0179. The van der Waals surface area contributed by atoms with Crippen LogP contribution >= 0.6 is 0 Å². The van der Waals surface area contributed by atoms with Gasteiger partial charge in [-0.15, -0.1) is 0 Å². The summed E-state index contributed by atoms with van der Waals surface area (Å²) in [7, 11) is 0. The molecule has 0 saturated carbocycles. The van der Waals surface area contributed by atoms with Gasteiger partial charge in [0.1, 0.15) is 12.2 Å². The molecule has 0 radical (unpaired) electrons. The maximum atomic E-state index is 12.6. The molecular formula is C22H25NO7. The lowest BCUT2D eigenvalue weighted by Crippen LogP contribution is -2.66. The molecule has 1 N–H and O–H groups in total. The zero-order valence-corrected chi connectivity index (χ0v) is 17.0. The summed E-state index contributed by atoms with van der Waals surface area (Å²) in [5.41, 5.74) is 1.56. The number of likely N-dealkylation sites (tertiary alicyclic amines) is 1. The van der Waals surface area contributed by atoms with Gasteiger partial charge in [0.25, 0.3) is 0 Å². The van der Waals surface area contributed by atoms with Crippen LogP contribution in [0.3, 0.4) is 0 Å². The molecule has 2 bridgehead atoms. The molecule has 160 valence electrons. The summed E-state index contributed by atoms with van der Waals surface area (Å²) in [6, 6.07) is 3.54. The van der Waals surface area contributed by atoms with Crippen molar-refractivity contribution in [2.75, 3.05) is 19.8 Å². The largest absolute Gasteiger partial charge is 0.513 e. The summed E-state index contributed by atoms with van der Waals surface area (Å²) in [5.74, 6) is 0.783. The van der Waals surface area contributed by atoms with Crippen molar-refractivity contribution in [2.45, 2.75) is 50.4 Å². The molecule has 1 fully saturated rings. The van der Waals surface area contributed by atoms with Crippen molar-refractivity contribution in [3.05, 3.63) is 35.4 Å². The smallest absolute Gasteiger partial charge is 0.482 e. The number of nitrogens with zero attached hydrogens (tertiary/aromatic N) is 1. The Hall–Kier alpha value is -2.74. The van der Waals surface area contributed by atoms with E-state index in [1.807, 2.05) is 17.0 Å². The number of ether oxygens (including phenoxy) is 4. The zero-order chi connectivity index (χ0) is 21.0. The van der Waals surface area contributed by atoms with Gasteiger partial charge in [-0.3, -0.25) is 0 Å². The van der Waals surface area contributed by atoms with Crippen LogP contribution in [0, 0.1) is 5.92 Å². The van der Waals surface area contributed by atoms with Gasteiger partial charge in [-0.2, -0.15) is 0 Å². The number of piperidine rings is 1. The quantitative estimate of drug-likeness (QED) is 0.461. The SMILES string of the molecule is CCOC(=O)Oc1ccc2c3c1O[C@H]1[C@@H](O)C=C[C@H]4[C@@H](C2)N(C(=O)OCC)CC[C@@]341. The number of carbonyl (C=O) groups excluding carboxylic acids is 2. The first kappa shape index (κ1) is 19.2. The van der Waals surface area contributed by atoms with E-state index in [4.69, 9.17) is 18.9 Å². The van der Waals surface area contributed by atoms with Crippen molar-refractivity contribution < 1.29 is 33.6 Å². The van der Waals surface area contributed by atoms with Crippen LogP contribution in [-0.4, -0.2) is 60.3 Å². The lowest BCUT2D eigenvalue weighted by atomic mass is 9.53. The Labute approximate surface area is 174 Å². The van der Waals surface area contributed by atoms with Crippen LogP contribution in [0.15, 0.2) is 24.3 Å². The van der Waals surface area contributed by atoms with Crippen LogP contribution in [0.25, 0.3) is 0 Å². The third-order valence-electron chi connectivity index (χ3n) is 6.81. The number of hydrogen-bond donors (Lipinski definition) is 1. The van der Waals surface area contributed by atoms with Crippen molar-refractivity contribution >= 4 is 12.2 Å². The van der Waals surface area contributed by atoms with E-state index in [0.29, 0.717) is 37.5 Å². The molecule has 8 heteroatoms. The fraction of sp³-hybridized carbons (Fsp3) is 0.545. The van der Waals surface area contributed by atoms with Gasteiger partial charge in [0.15, 0.2) is 11.5 Å².